The minimum absolute atomic E-state index is 0.250. The predicted octanol–water partition coefficient (Wildman–Crippen LogP) is 2.17. The van der Waals surface area contributed by atoms with Crippen LogP contribution in [0.2, 0.25) is 0 Å². The summed E-state index contributed by atoms with van der Waals surface area (Å²) in [6, 6.07) is 11.1. The van der Waals surface area contributed by atoms with Gasteiger partial charge in [0.2, 0.25) is 12.0 Å². The summed E-state index contributed by atoms with van der Waals surface area (Å²) >= 11 is 0. The molecule has 160 valence electrons. The standard InChI is InChI=1S/C22H20N2O7/c1-4-30-22(27)12-5-7-13(8-6-12)24-20(25)17-18(23-31-19(17)21(24)26)15-11-14(28-2)9-10-16(15)29-3/h5-11,17,19H,4H2,1-3H3. The number of nitrogens with zero attached hydrogens (tertiary/aromatic N) is 2. The van der Waals surface area contributed by atoms with Gasteiger partial charge in [0.05, 0.1) is 32.1 Å². The highest BCUT2D eigenvalue weighted by Gasteiger charge is 2.56. The number of hydrogen-bond donors (Lipinski definition) is 0. The maximum atomic E-state index is 13.2. The molecule has 31 heavy (non-hydrogen) atoms. The zero-order chi connectivity index (χ0) is 22.1. The van der Waals surface area contributed by atoms with E-state index in [0.29, 0.717) is 34.0 Å². The van der Waals surface area contributed by atoms with Gasteiger partial charge in [-0.05, 0) is 49.4 Å². The lowest BCUT2D eigenvalue weighted by atomic mass is 9.93. The zero-order valence-electron chi connectivity index (χ0n) is 17.2. The van der Waals surface area contributed by atoms with Crippen LogP contribution in [0.15, 0.2) is 47.6 Å². The molecule has 0 radical (unpaired) electrons. The van der Waals surface area contributed by atoms with Crippen LogP contribution in [0.1, 0.15) is 22.8 Å². The van der Waals surface area contributed by atoms with Crippen molar-refractivity contribution in [3.8, 4) is 11.5 Å². The molecule has 2 unspecified atom stereocenters. The van der Waals surface area contributed by atoms with Crippen molar-refractivity contribution >= 4 is 29.2 Å². The predicted molar refractivity (Wildman–Crippen MR) is 109 cm³/mol. The van der Waals surface area contributed by atoms with E-state index in [4.69, 9.17) is 19.0 Å². The molecular weight excluding hydrogens is 404 g/mol. The fourth-order valence-electron chi connectivity index (χ4n) is 3.63. The first-order valence-electron chi connectivity index (χ1n) is 9.61. The Kier molecular flexibility index (Phi) is 5.33. The third kappa shape index (κ3) is 3.37. The minimum Gasteiger partial charge on any atom is -0.497 e. The molecule has 1 fully saturated rings. The Labute approximate surface area is 178 Å². The van der Waals surface area contributed by atoms with Crippen molar-refractivity contribution in [2.24, 2.45) is 11.1 Å². The van der Waals surface area contributed by atoms with Gasteiger partial charge >= 0.3 is 5.97 Å². The number of benzene rings is 2. The monoisotopic (exact) mass is 424 g/mol. The van der Waals surface area contributed by atoms with Crippen LogP contribution in [0.3, 0.4) is 0 Å². The number of esters is 1. The van der Waals surface area contributed by atoms with Crippen LogP contribution >= 0.6 is 0 Å². The van der Waals surface area contributed by atoms with Crippen LogP contribution < -0.4 is 14.4 Å². The number of amides is 2. The number of anilines is 1. The fraction of sp³-hybridized carbons (Fsp3) is 0.273. The van der Waals surface area contributed by atoms with Crippen LogP contribution in [0, 0.1) is 5.92 Å². The number of rotatable bonds is 6. The highest BCUT2D eigenvalue weighted by atomic mass is 16.7. The average Bonchev–Trinajstić information content (AvgIpc) is 3.33. The second-order valence-electron chi connectivity index (χ2n) is 6.83. The SMILES string of the molecule is CCOC(=O)c1ccc(N2C(=O)C3ON=C(c4cc(OC)ccc4OC)C3C2=O)cc1. The van der Waals surface area contributed by atoms with E-state index < -0.39 is 29.8 Å². The lowest BCUT2D eigenvalue weighted by Gasteiger charge is -2.16. The van der Waals surface area contributed by atoms with E-state index in [-0.39, 0.29) is 6.61 Å². The molecule has 0 aromatic heterocycles. The molecule has 2 aromatic carbocycles. The van der Waals surface area contributed by atoms with Crippen molar-refractivity contribution in [2.75, 3.05) is 25.7 Å². The van der Waals surface area contributed by atoms with Crippen molar-refractivity contribution in [3.05, 3.63) is 53.6 Å². The van der Waals surface area contributed by atoms with Crippen LogP contribution in [0.4, 0.5) is 5.69 Å². The molecule has 0 aliphatic carbocycles. The van der Waals surface area contributed by atoms with Gasteiger partial charge in [0.15, 0.2) is 0 Å². The maximum absolute atomic E-state index is 13.2. The summed E-state index contributed by atoms with van der Waals surface area (Å²) in [6.07, 6.45) is -1.07. The van der Waals surface area contributed by atoms with Gasteiger partial charge < -0.3 is 19.0 Å². The lowest BCUT2D eigenvalue weighted by molar-refractivity contribution is -0.126. The van der Waals surface area contributed by atoms with E-state index in [0.717, 1.165) is 4.90 Å². The Morgan fingerprint density at radius 2 is 1.81 bits per heavy atom. The second kappa shape index (κ2) is 8.10. The summed E-state index contributed by atoms with van der Waals surface area (Å²) < 4.78 is 15.6. The summed E-state index contributed by atoms with van der Waals surface area (Å²) in [7, 11) is 3.02. The first-order chi connectivity index (χ1) is 15.0. The van der Waals surface area contributed by atoms with E-state index >= 15 is 0 Å². The van der Waals surface area contributed by atoms with Gasteiger partial charge in [-0.3, -0.25) is 9.59 Å². The van der Waals surface area contributed by atoms with Crippen LogP contribution in [-0.2, 0) is 19.2 Å². The molecule has 0 saturated carbocycles. The Morgan fingerprint density at radius 3 is 2.45 bits per heavy atom. The number of oxime groups is 1. The summed E-state index contributed by atoms with van der Waals surface area (Å²) in [6.45, 7) is 1.96. The molecule has 2 aliphatic heterocycles. The third-order valence-electron chi connectivity index (χ3n) is 5.13. The van der Waals surface area contributed by atoms with E-state index in [1.54, 1.807) is 25.1 Å². The van der Waals surface area contributed by atoms with Crippen LogP contribution in [-0.4, -0.2) is 50.4 Å². The number of hydrogen-bond acceptors (Lipinski definition) is 8. The van der Waals surface area contributed by atoms with Crippen molar-refractivity contribution in [1.82, 2.24) is 0 Å². The zero-order valence-corrected chi connectivity index (χ0v) is 17.2. The molecule has 2 amide bonds. The molecule has 0 N–H and O–H groups in total. The number of methoxy groups -OCH3 is 2. The summed E-state index contributed by atoms with van der Waals surface area (Å²) in [4.78, 5) is 44.4. The van der Waals surface area contributed by atoms with Gasteiger partial charge in [-0.2, -0.15) is 0 Å². The molecular formula is C22H20N2O7. The molecule has 0 spiro atoms. The highest BCUT2D eigenvalue weighted by molar-refractivity contribution is 6.32. The highest BCUT2D eigenvalue weighted by Crippen LogP contribution is 2.38. The first-order valence-corrected chi connectivity index (χ1v) is 9.61. The first kappa shape index (κ1) is 20.4. The van der Waals surface area contributed by atoms with Gasteiger partial charge in [0, 0.05) is 5.56 Å². The number of imide groups is 1. The molecule has 2 heterocycles. The molecule has 2 aliphatic rings. The lowest BCUT2D eigenvalue weighted by Crippen LogP contribution is -2.33. The molecule has 2 aromatic rings. The summed E-state index contributed by atoms with van der Waals surface area (Å²) in [5.41, 5.74) is 1.46. The topological polar surface area (TPSA) is 104 Å². The molecule has 1 saturated heterocycles. The Bertz CT molecular complexity index is 1080. The molecule has 9 heteroatoms. The number of fused-ring (bicyclic) bond motifs is 1. The minimum atomic E-state index is -1.07. The van der Waals surface area contributed by atoms with E-state index in [1.165, 1.54) is 38.5 Å². The van der Waals surface area contributed by atoms with Gasteiger partial charge in [-0.25, -0.2) is 9.69 Å². The fourth-order valence-corrected chi connectivity index (χ4v) is 3.63. The van der Waals surface area contributed by atoms with E-state index in [2.05, 4.69) is 5.16 Å². The second-order valence-corrected chi connectivity index (χ2v) is 6.83. The van der Waals surface area contributed by atoms with E-state index in [1.807, 2.05) is 0 Å². The van der Waals surface area contributed by atoms with Crippen LogP contribution in [0.25, 0.3) is 0 Å². The van der Waals surface area contributed by atoms with Crippen molar-refractivity contribution in [2.45, 2.75) is 13.0 Å². The normalized spacial score (nSPS) is 19.6. The van der Waals surface area contributed by atoms with Crippen molar-refractivity contribution < 1.29 is 33.4 Å². The molecule has 0 bridgehead atoms. The number of carbonyl (C=O) groups excluding carboxylic acids is 3. The molecule has 4 rings (SSSR count). The molecule has 9 nitrogen and oxygen atoms in total. The van der Waals surface area contributed by atoms with Gasteiger partial charge in [0.1, 0.15) is 23.1 Å². The number of carbonyl (C=O) groups is 3. The van der Waals surface area contributed by atoms with Crippen LogP contribution in [0.5, 0.6) is 11.5 Å². The average molecular weight is 424 g/mol. The quantitative estimate of drug-likeness (QED) is 0.517. The largest absolute Gasteiger partial charge is 0.497 e. The Morgan fingerprint density at radius 1 is 1.06 bits per heavy atom. The van der Waals surface area contributed by atoms with Gasteiger partial charge in [0.25, 0.3) is 5.91 Å². The smallest absolute Gasteiger partial charge is 0.338 e. The van der Waals surface area contributed by atoms with Crippen molar-refractivity contribution in [3.63, 3.8) is 0 Å². The summed E-state index contributed by atoms with van der Waals surface area (Å²) in [5, 5.41) is 4.01. The number of ether oxygens (including phenoxy) is 3. The summed E-state index contributed by atoms with van der Waals surface area (Å²) in [5.74, 6) is -1.38. The van der Waals surface area contributed by atoms with E-state index in [9.17, 15) is 14.4 Å². The Balaban J connectivity index is 1.65. The Hall–Kier alpha value is -3.88. The van der Waals surface area contributed by atoms with Gasteiger partial charge in [-0.15, -0.1) is 0 Å². The third-order valence-corrected chi connectivity index (χ3v) is 5.13. The van der Waals surface area contributed by atoms with Crippen molar-refractivity contribution in [1.29, 1.82) is 0 Å². The molecule has 2 atom stereocenters. The van der Waals surface area contributed by atoms with Gasteiger partial charge in [-0.1, -0.05) is 5.16 Å². The maximum Gasteiger partial charge on any atom is 0.338 e.